The summed E-state index contributed by atoms with van der Waals surface area (Å²) >= 11 is 0. The predicted molar refractivity (Wildman–Crippen MR) is 59.2 cm³/mol. The normalized spacial score (nSPS) is 19.7. The van der Waals surface area contributed by atoms with Crippen LogP contribution in [0, 0.1) is 12.0 Å². The van der Waals surface area contributed by atoms with Gasteiger partial charge in [-0.1, -0.05) is 32.1 Å². The summed E-state index contributed by atoms with van der Waals surface area (Å²) in [5.41, 5.74) is 0. The molecule has 0 saturated carbocycles. The summed E-state index contributed by atoms with van der Waals surface area (Å²) in [6, 6.07) is 2.96. The first-order valence-corrected chi connectivity index (χ1v) is 5.70. The number of carbonyl (C=O) groups excluding carboxylic acids is 1. The lowest BCUT2D eigenvalue weighted by atomic mass is 10.2. The van der Waals surface area contributed by atoms with Crippen LogP contribution in [0.25, 0.3) is 0 Å². The largest absolute Gasteiger partial charge is 0.446 e. The van der Waals surface area contributed by atoms with E-state index in [0.717, 1.165) is 12.8 Å². The third-order valence-corrected chi connectivity index (χ3v) is 2.44. The highest BCUT2D eigenvalue weighted by Gasteiger charge is 2.27. The van der Waals surface area contributed by atoms with Crippen molar-refractivity contribution >= 4 is 6.09 Å². The molecule has 0 aliphatic carbocycles. The SMILES string of the molecule is CCCCCCC#CN1C(=O)OC[C@@H]1C. The first kappa shape index (κ1) is 11.9. The van der Waals surface area contributed by atoms with Gasteiger partial charge in [-0.15, -0.1) is 0 Å². The second kappa shape index (κ2) is 6.34. The van der Waals surface area contributed by atoms with Crippen LogP contribution in [0.3, 0.4) is 0 Å². The Balaban J connectivity index is 2.22. The van der Waals surface area contributed by atoms with E-state index in [1.807, 2.05) is 6.92 Å². The molecule has 3 nitrogen and oxygen atoms in total. The fourth-order valence-corrected chi connectivity index (χ4v) is 1.45. The molecule has 0 aromatic rings. The highest BCUT2D eigenvalue weighted by atomic mass is 16.6. The number of ether oxygens (including phenoxy) is 1. The molecule has 0 spiro atoms. The van der Waals surface area contributed by atoms with Crippen LogP contribution < -0.4 is 0 Å². The second-order valence-electron chi connectivity index (χ2n) is 3.90. The van der Waals surface area contributed by atoms with E-state index in [1.54, 1.807) is 0 Å². The summed E-state index contributed by atoms with van der Waals surface area (Å²) in [5.74, 6) is 3.02. The van der Waals surface area contributed by atoms with Crippen molar-refractivity contribution < 1.29 is 9.53 Å². The Bertz CT molecular complexity index is 265. The molecule has 0 unspecified atom stereocenters. The van der Waals surface area contributed by atoms with E-state index in [1.165, 1.54) is 24.2 Å². The molecule has 0 aromatic heterocycles. The van der Waals surface area contributed by atoms with Gasteiger partial charge in [0.1, 0.15) is 6.61 Å². The van der Waals surface area contributed by atoms with E-state index in [9.17, 15) is 4.79 Å². The van der Waals surface area contributed by atoms with Gasteiger partial charge in [0.15, 0.2) is 0 Å². The average Bonchev–Trinajstić information content (AvgIpc) is 2.54. The molecular weight excluding hydrogens is 190 g/mol. The summed E-state index contributed by atoms with van der Waals surface area (Å²) in [6.45, 7) is 4.59. The minimum Gasteiger partial charge on any atom is -0.446 e. The lowest BCUT2D eigenvalue weighted by molar-refractivity contribution is 0.167. The van der Waals surface area contributed by atoms with Crippen LogP contribution in [0.4, 0.5) is 4.79 Å². The third-order valence-electron chi connectivity index (χ3n) is 2.44. The van der Waals surface area contributed by atoms with E-state index in [0.29, 0.717) is 6.61 Å². The van der Waals surface area contributed by atoms with E-state index in [2.05, 4.69) is 18.9 Å². The third kappa shape index (κ3) is 3.83. The van der Waals surface area contributed by atoms with Crippen molar-refractivity contribution in [2.24, 2.45) is 0 Å². The van der Waals surface area contributed by atoms with Gasteiger partial charge < -0.3 is 4.74 Å². The number of carbonyl (C=O) groups is 1. The van der Waals surface area contributed by atoms with Crippen molar-refractivity contribution in [3.05, 3.63) is 0 Å². The maximum absolute atomic E-state index is 11.2. The Morgan fingerprint density at radius 2 is 2.27 bits per heavy atom. The van der Waals surface area contributed by atoms with Gasteiger partial charge in [0.2, 0.25) is 0 Å². The number of nitrogens with zero attached hydrogens (tertiary/aromatic N) is 1. The molecule has 3 heteroatoms. The first-order valence-electron chi connectivity index (χ1n) is 5.70. The van der Waals surface area contributed by atoms with Crippen LogP contribution in [-0.4, -0.2) is 23.6 Å². The highest BCUT2D eigenvalue weighted by molar-refractivity contribution is 5.72. The summed E-state index contributed by atoms with van der Waals surface area (Å²) in [5, 5.41) is 0. The molecule has 0 bridgehead atoms. The van der Waals surface area contributed by atoms with Gasteiger partial charge in [-0.2, -0.15) is 0 Å². The van der Waals surface area contributed by atoms with Crippen LogP contribution in [0.2, 0.25) is 0 Å². The first-order chi connectivity index (χ1) is 7.25. The molecule has 1 amide bonds. The Hall–Kier alpha value is -1.17. The van der Waals surface area contributed by atoms with Gasteiger partial charge in [-0.3, -0.25) is 0 Å². The minimum absolute atomic E-state index is 0.0978. The molecule has 84 valence electrons. The molecular formula is C12H19NO2. The summed E-state index contributed by atoms with van der Waals surface area (Å²) in [7, 11) is 0. The molecule has 1 saturated heterocycles. The van der Waals surface area contributed by atoms with Crippen molar-refractivity contribution in [2.45, 2.75) is 52.0 Å². The molecule has 1 rings (SSSR count). The zero-order chi connectivity index (χ0) is 11.1. The van der Waals surface area contributed by atoms with Crippen LogP contribution in [-0.2, 0) is 4.74 Å². The zero-order valence-corrected chi connectivity index (χ0v) is 9.58. The lowest BCUT2D eigenvalue weighted by Crippen LogP contribution is -2.25. The van der Waals surface area contributed by atoms with Gasteiger partial charge in [0.25, 0.3) is 0 Å². The smallest absolute Gasteiger partial charge is 0.421 e. The fourth-order valence-electron chi connectivity index (χ4n) is 1.45. The number of rotatable bonds is 4. The lowest BCUT2D eigenvalue weighted by Gasteiger charge is -2.07. The van der Waals surface area contributed by atoms with Crippen LogP contribution in [0.15, 0.2) is 0 Å². The molecule has 1 aliphatic rings. The van der Waals surface area contributed by atoms with Gasteiger partial charge in [-0.25, -0.2) is 9.69 Å². The predicted octanol–water partition coefficient (Wildman–Crippen LogP) is 2.76. The molecule has 0 N–H and O–H groups in total. The average molecular weight is 209 g/mol. The summed E-state index contributed by atoms with van der Waals surface area (Å²) < 4.78 is 4.86. The van der Waals surface area contributed by atoms with Gasteiger partial charge >= 0.3 is 6.09 Å². The van der Waals surface area contributed by atoms with Gasteiger partial charge in [-0.05, 0) is 13.3 Å². The van der Waals surface area contributed by atoms with Gasteiger partial charge in [0.05, 0.1) is 6.04 Å². The molecule has 1 aliphatic heterocycles. The fraction of sp³-hybridized carbons (Fsp3) is 0.750. The standard InChI is InChI=1S/C12H19NO2/c1-3-4-5-6-7-8-9-13-11(2)10-15-12(13)14/h11H,3-7,10H2,1-2H3/t11-/m0/s1. The van der Waals surface area contributed by atoms with Crippen molar-refractivity contribution in [1.29, 1.82) is 0 Å². The Morgan fingerprint density at radius 3 is 2.87 bits per heavy atom. The highest BCUT2D eigenvalue weighted by Crippen LogP contribution is 2.09. The molecule has 1 atom stereocenters. The molecule has 0 radical (unpaired) electrons. The van der Waals surface area contributed by atoms with E-state index in [4.69, 9.17) is 4.74 Å². The number of hydrogen-bond donors (Lipinski definition) is 0. The quantitative estimate of drug-likeness (QED) is 0.526. The Morgan fingerprint density at radius 1 is 1.47 bits per heavy atom. The molecule has 1 fully saturated rings. The zero-order valence-electron chi connectivity index (χ0n) is 9.58. The molecule has 0 aromatic carbocycles. The number of cyclic esters (lactones) is 1. The van der Waals surface area contributed by atoms with Crippen LogP contribution in [0.5, 0.6) is 0 Å². The van der Waals surface area contributed by atoms with Crippen molar-refractivity contribution in [3.8, 4) is 12.0 Å². The summed E-state index contributed by atoms with van der Waals surface area (Å²) in [4.78, 5) is 12.6. The number of hydrogen-bond acceptors (Lipinski definition) is 2. The monoisotopic (exact) mass is 209 g/mol. The Kier molecular flexibility index (Phi) is 5.03. The van der Waals surface area contributed by atoms with Crippen molar-refractivity contribution in [1.82, 2.24) is 4.90 Å². The van der Waals surface area contributed by atoms with E-state index < -0.39 is 0 Å². The van der Waals surface area contributed by atoms with Crippen LogP contribution >= 0.6 is 0 Å². The summed E-state index contributed by atoms with van der Waals surface area (Å²) in [6.07, 6.45) is 5.43. The maximum atomic E-state index is 11.2. The van der Waals surface area contributed by atoms with Crippen LogP contribution in [0.1, 0.15) is 46.0 Å². The van der Waals surface area contributed by atoms with Gasteiger partial charge in [0, 0.05) is 12.5 Å². The van der Waals surface area contributed by atoms with E-state index in [-0.39, 0.29) is 12.1 Å². The Labute approximate surface area is 91.8 Å². The maximum Gasteiger partial charge on any atom is 0.421 e. The minimum atomic E-state index is -0.302. The number of unbranched alkanes of at least 4 members (excludes halogenated alkanes) is 4. The molecule has 1 heterocycles. The van der Waals surface area contributed by atoms with E-state index >= 15 is 0 Å². The van der Waals surface area contributed by atoms with Crippen molar-refractivity contribution in [2.75, 3.05) is 6.61 Å². The molecule has 15 heavy (non-hydrogen) atoms. The second-order valence-corrected chi connectivity index (χ2v) is 3.90. The van der Waals surface area contributed by atoms with Crippen molar-refractivity contribution in [3.63, 3.8) is 0 Å². The number of amides is 1. The topological polar surface area (TPSA) is 29.5 Å².